The highest BCUT2D eigenvalue weighted by Crippen LogP contribution is 2.18. The zero-order valence-corrected chi connectivity index (χ0v) is 10.6. The van der Waals surface area contributed by atoms with E-state index >= 15 is 0 Å². The molecule has 104 valence electrons. The van der Waals surface area contributed by atoms with Crippen molar-refractivity contribution in [2.24, 2.45) is 0 Å². The molecule has 1 fully saturated rings. The summed E-state index contributed by atoms with van der Waals surface area (Å²) in [6.45, 7) is 3.06. The van der Waals surface area contributed by atoms with E-state index in [1.807, 2.05) is 0 Å². The Labute approximate surface area is 110 Å². The van der Waals surface area contributed by atoms with Gasteiger partial charge in [-0.25, -0.2) is 8.78 Å². The maximum absolute atomic E-state index is 13.6. The number of rotatable bonds is 3. The fourth-order valence-corrected chi connectivity index (χ4v) is 1.97. The van der Waals surface area contributed by atoms with Crippen LogP contribution in [0.4, 0.5) is 8.78 Å². The number of nitrogens with one attached hydrogen (secondary N) is 2. The zero-order chi connectivity index (χ0) is 13.8. The van der Waals surface area contributed by atoms with Gasteiger partial charge in [-0.1, -0.05) is 0 Å². The van der Waals surface area contributed by atoms with Gasteiger partial charge in [0.25, 0.3) is 0 Å². The molecule has 0 radical (unpaired) electrons. The third kappa shape index (κ3) is 3.48. The third-order valence-corrected chi connectivity index (χ3v) is 3.02. The van der Waals surface area contributed by atoms with Gasteiger partial charge in [-0.3, -0.25) is 4.79 Å². The molecule has 6 heteroatoms. The van der Waals surface area contributed by atoms with Crippen LogP contribution in [0.25, 0.3) is 0 Å². The molecular weight excluding hydrogens is 254 g/mol. The number of hydrogen-bond acceptors (Lipinski definition) is 3. The highest BCUT2D eigenvalue weighted by Gasteiger charge is 2.23. The number of ether oxygens (including phenoxy) is 1. The second-order valence-corrected chi connectivity index (χ2v) is 4.48. The number of carbonyl (C=O) groups is 1. The minimum Gasteiger partial charge on any atom is -0.378 e. The van der Waals surface area contributed by atoms with E-state index in [1.54, 1.807) is 6.92 Å². The summed E-state index contributed by atoms with van der Waals surface area (Å²) in [6.07, 6.45) is 0. The van der Waals surface area contributed by atoms with Gasteiger partial charge in [-0.2, -0.15) is 0 Å². The molecule has 19 heavy (non-hydrogen) atoms. The Hall–Kier alpha value is -1.53. The molecule has 1 heterocycles. The SMILES string of the molecule is CC(NC(=O)C1COCCN1)c1cc(F)ccc1F. The fraction of sp³-hybridized carbons (Fsp3) is 0.462. The standard InChI is InChI=1S/C13H16F2N2O2/c1-8(10-6-9(14)2-3-11(10)15)17-13(18)12-7-19-5-4-16-12/h2-3,6,8,12,16H,4-5,7H2,1H3,(H,17,18). The summed E-state index contributed by atoms with van der Waals surface area (Å²) in [7, 11) is 0. The summed E-state index contributed by atoms with van der Waals surface area (Å²) in [5.74, 6) is -1.35. The maximum Gasteiger partial charge on any atom is 0.240 e. The van der Waals surface area contributed by atoms with Gasteiger partial charge in [-0.15, -0.1) is 0 Å². The van der Waals surface area contributed by atoms with Crippen LogP contribution in [0.5, 0.6) is 0 Å². The Morgan fingerprint density at radius 2 is 2.32 bits per heavy atom. The van der Waals surface area contributed by atoms with E-state index < -0.39 is 23.7 Å². The molecule has 0 spiro atoms. The summed E-state index contributed by atoms with van der Waals surface area (Å²) in [5, 5.41) is 5.64. The van der Waals surface area contributed by atoms with Gasteiger partial charge in [0.1, 0.15) is 17.7 Å². The molecule has 2 atom stereocenters. The Kier molecular flexibility index (Phi) is 4.44. The van der Waals surface area contributed by atoms with Crippen molar-refractivity contribution in [2.45, 2.75) is 19.0 Å². The largest absolute Gasteiger partial charge is 0.378 e. The molecule has 4 nitrogen and oxygen atoms in total. The van der Waals surface area contributed by atoms with Gasteiger partial charge < -0.3 is 15.4 Å². The van der Waals surface area contributed by atoms with Crippen LogP contribution in [-0.2, 0) is 9.53 Å². The fourth-order valence-electron chi connectivity index (χ4n) is 1.97. The van der Waals surface area contributed by atoms with Crippen LogP contribution in [-0.4, -0.2) is 31.7 Å². The van der Waals surface area contributed by atoms with Crippen LogP contribution >= 0.6 is 0 Å². The van der Waals surface area contributed by atoms with Crippen molar-refractivity contribution in [1.29, 1.82) is 0 Å². The second-order valence-electron chi connectivity index (χ2n) is 4.48. The van der Waals surface area contributed by atoms with Gasteiger partial charge in [0, 0.05) is 12.1 Å². The molecule has 2 unspecified atom stereocenters. The molecule has 1 aliphatic rings. The predicted octanol–water partition coefficient (Wildman–Crippen LogP) is 1.13. The summed E-state index contributed by atoms with van der Waals surface area (Å²) in [6, 6.07) is 2.13. The van der Waals surface area contributed by atoms with Crippen LogP contribution in [0.3, 0.4) is 0 Å². The lowest BCUT2D eigenvalue weighted by molar-refractivity contribution is -0.126. The Morgan fingerprint density at radius 1 is 1.53 bits per heavy atom. The molecule has 1 saturated heterocycles. The lowest BCUT2D eigenvalue weighted by Gasteiger charge is -2.25. The van der Waals surface area contributed by atoms with Crippen molar-refractivity contribution in [3.63, 3.8) is 0 Å². The molecule has 0 aliphatic carbocycles. The summed E-state index contributed by atoms with van der Waals surface area (Å²) >= 11 is 0. The van der Waals surface area contributed by atoms with E-state index in [9.17, 15) is 13.6 Å². The van der Waals surface area contributed by atoms with E-state index in [1.165, 1.54) is 0 Å². The quantitative estimate of drug-likeness (QED) is 0.865. The van der Waals surface area contributed by atoms with Crippen LogP contribution in [0.15, 0.2) is 18.2 Å². The molecule has 0 aromatic heterocycles. The predicted molar refractivity (Wildman–Crippen MR) is 65.5 cm³/mol. The van der Waals surface area contributed by atoms with Crippen molar-refractivity contribution in [3.05, 3.63) is 35.4 Å². The Bertz CT molecular complexity index is 462. The molecule has 1 aromatic rings. The first-order valence-corrected chi connectivity index (χ1v) is 6.14. The first kappa shape index (κ1) is 13.9. The maximum atomic E-state index is 13.6. The number of benzene rings is 1. The minimum absolute atomic E-state index is 0.130. The number of amides is 1. The topological polar surface area (TPSA) is 50.4 Å². The molecule has 1 aromatic carbocycles. The number of carbonyl (C=O) groups excluding carboxylic acids is 1. The first-order valence-electron chi connectivity index (χ1n) is 6.14. The van der Waals surface area contributed by atoms with Crippen molar-refractivity contribution >= 4 is 5.91 Å². The zero-order valence-electron chi connectivity index (χ0n) is 10.6. The van der Waals surface area contributed by atoms with Gasteiger partial charge in [0.05, 0.1) is 19.3 Å². The lowest BCUT2D eigenvalue weighted by Crippen LogP contribution is -2.51. The molecule has 0 bridgehead atoms. The molecule has 2 rings (SSSR count). The van der Waals surface area contributed by atoms with Crippen LogP contribution in [0.2, 0.25) is 0 Å². The van der Waals surface area contributed by atoms with Crippen LogP contribution in [0, 0.1) is 11.6 Å². The van der Waals surface area contributed by atoms with Gasteiger partial charge >= 0.3 is 0 Å². The molecule has 0 saturated carbocycles. The van der Waals surface area contributed by atoms with E-state index in [0.29, 0.717) is 13.2 Å². The second kappa shape index (κ2) is 6.08. The minimum atomic E-state index is -0.605. The average molecular weight is 270 g/mol. The Balaban J connectivity index is 2.01. The highest BCUT2D eigenvalue weighted by atomic mass is 19.1. The smallest absolute Gasteiger partial charge is 0.240 e. The lowest BCUT2D eigenvalue weighted by atomic mass is 10.1. The average Bonchev–Trinajstić information content (AvgIpc) is 2.42. The van der Waals surface area contributed by atoms with E-state index in [2.05, 4.69) is 10.6 Å². The van der Waals surface area contributed by atoms with Crippen LogP contribution in [0.1, 0.15) is 18.5 Å². The number of morpholine rings is 1. The van der Waals surface area contributed by atoms with E-state index in [4.69, 9.17) is 4.74 Å². The number of hydrogen-bond donors (Lipinski definition) is 2. The normalized spacial score (nSPS) is 20.9. The summed E-state index contributed by atoms with van der Waals surface area (Å²) < 4.78 is 31.8. The van der Waals surface area contributed by atoms with Gasteiger partial charge in [0.2, 0.25) is 5.91 Å². The van der Waals surface area contributed by atoms with Gasteiger partial charge in [0.15, 0.2) is 0 Å². The molecule has 1 aliphatic heterocycles. The van der Waals surface area contributed by atoms with E-state index in [-0.39, 0.29) is 18.1 Å². The first-order chi connectivity index (χ1) is 9.08. The van der Waals surface area contributed by atoms with E-state index in [0.717, 1.165) is 18.2 Å². The molecule has 1 amide bonds. The summed E-state index contributed by atoms with van der Waals surface area (Å²) in [5.41, 5.74) is 0.130. The highest BCUT2D eigenvalue weighted by molar-refractivity contribution is 5.82. The molecule has 2 N–H and O–H groups in total. The van der Waals surface area contributed by atoms with Crippen LogP contribution < -0.4 is 10.6 Å². The van der Waals surface area contributed by atoms with Crippen molar-refractivity contribution in [2.75, 3.05) is 19.8 Å². The summed E-state index contributed by atoms with van der Waals surface area (Å²) in [4.78, 5) is 11.9. The third-order valence-electron chi connectivity index (χ3n) is 3.02. The Morgan fingerprint density at radius 3 is 3.00 bits per heavy atom. The van der Waals surface area contributed by atoms with Crippen molar-refractivity contribution in [3.8, 4) is 0 Å². The monoisotopic (exact) mass is 270 g/mol. The molecular formula is C13H16F2N2O2. The number of halogens is 2. The van der Waals surface area contributed by atoms with Gasteiger partial charge in [-0.05, 0) is 25.1 Å². The van der Waals surface area contributed by atoms with Crippen molar-refractivity contribution in [1.82, 2.24) is 10.6 Å². The van der Waals surface area contributed by atoms with Crippen molar-refractivity contribution < 1.29 is 18.3 Å².